The van der Waals surface area contributed by atoms with Crippen molar-refractivity contribution in [1.82, 2.24) is 5.32 Å². The Bertz CT molecular complexity index is 565. The van der Waals surface area contributed by atoms with E-state index in [0.717, 1.165) is 18.6 Å². The largest absolute Gasteiger partial charge is 0.480 e. The molecule has 0 unspecified atom stereocenters. The standard InChI is InChI=1S/C18H25F2NO4/c1-18(2,3)25-17(23)21-11-6-4-5-8-13(22)12-24-16-14(19)9-7-10-15(16)20/h7,9-10H,4-6,8,11-12H2,1-3H3,(H,21,23). The number of para-hydroxylation sites is 1. The highest BCUT2D eigenvalue weighted by Gasteiger charge is 2.15. The van der Waals surface area contributed by atoms with Crippen molar-refractivity contribution < 1.29 is 27.8 Å². The molecule has 1 rings (SSSR count). The summed E-state index contributed by atoms with van der Waals surface area (Å²) in [6, 6.07) is 3.37. The number of rotatable bonds is 9. The van der Waals surface area contributed by atoms with E-state index in [4.69, 9.17) is 9.47 Å². The smallest absolute Gasteiger partial charge is 0.407 e. The summed E-state index contributed by atoms with van der Waals surface area (Å²) in [4.78, 5) is 23.1. The van der Waals surface area contributed by atoms with Gasteiger partial charge in [-0.25, -0.2) is 13.6 Å². The maximum absolute atomic E-state index is 13.3. The van der Waals surface area contributed by atoms with E-state index in [1.165, 1.54) is 6.07 Å². The summed E-state index contributed by atoms with van der Waals surface area (Å²) in [7, 11) is 0. The Kier molecular flexibility index (Phi) is 8.31. The minimum atomic E-state index is -0.832. The highest BCUT2D eigenvalue weighted by Crippen LogP contribution is 2.20. The first-order valence-electron chi connectivity index (χ1n) is 8.24. The SMILES string of the molecule is CC(C)(C)OC(=O)NCCCCCC(=O)COc1c(F)cccc1F. The van der Waals surface area contributed by atoms with Gasteiger partial charge in [-0.3, -0.25) is 4.79 Å². The number of nitrogens with one attached hydrogen (secondary N) is 1. The number of benzene rings is 1. The molecule has 0 atom stereocenters. The van der Waals surface area contributed by atoms with Gasteiger partial charge in [0.2, 0.25) is 0 Å². The topological polar surface area (TPSA) is 64.6 Å². The van der Waals surface area contributed by atoms with Crippen molar-refractivity contribution in [2.45, 2.75) is 52.1 Å². The third-order valence-corrected chi connectivity index (χ3v) is 3.10. The zero-order valence-corrected chi connectivity index (χ0v) is 14.9. The van der Waals surface area contributed by atoms with Gasteiger partial charge in [-0.05, 0) is 45.7 Å². The monoisotopic (exact) mass is 357 g/mol. The van der Waals surface area contributed by atoms with Crippen LogP contribution in [0.4, 0.5) is 13.6 Å². The molecule has 0 spiro atoms. The number of alkyl carbamates (subject to hydrolysis) is 1. The molecule has 0 aliphatic carbocycles. The van der Waals surface area contributed by atoms with Crippen molar-refractivity contribution >= 4 is 11.9 Å². The maximum atomic E-state index is 13.3. The summed E-state index contributed by atoms with van der Waals surface area (Å²) in [6.07, 6.45) is 1.83. The number of ether oxygens (including phenoxy) is 2. The summed E-state index contributed by atoms with van der Waals surface area (Å²) in [5.41, 5.74) is -0.534. The van der Waals surface area contributed by atoms with Crippen LogP contribution in [-0.4, -0.2) is 30.6 Å². The van der Waals surface area contributed by atoms with Gasteiger partial charge in [0.05, 0.1) is 0 Å². The number of carbonyl (C=O) groups excluding carboxylic acids is 2. The lowest BCUT2D eigenvalue weighted by atomic mass is 10.1. The number of hydrogen-bond acceptors (Lipinski definition) is 4. The molecule has 0 aliphatic heterocycles. The number of Topliss-reactive ketones (excluding diaryl/α,β-unsaturated/α-hetero) is 1. The summed E-state index contributed by atoms with van der Waals surface area (Å²) >= 11 is 0. The Morgan fingerprint density at radius 3 is 2.32 bits per heavy atom. The first kappa shape index (κ1) is 20.9. The lowest BCUT2D eigenvalue weighted by Gasteiger charge is -2.19. The van der Waals surface area contributed by atoms with Crippen molar-refractivity contribution in [2.75, 3.05) is 13.2 Å². The van der Waals surface area contributed by atoms with Gasteiger partial charge in [0.25, 0.3) is 0 Å². The van der Waals surface area contributed by atoms with Gasteiger partial charge in [-0.2, -0.15) is 0 Å². The molecule has 0 radical (unpaired) electrons. The van der Waals surface area contributed by atoms with Gasteiger partial charge in [0, 0.05) is 13.0 Å². The average Bonchev–Trinajstić information content (AvgIpc) is 2.48. The molecule has 0 aromatic heterocycles. The second-order valence-corrected chi connectivity index (χ2v) is 6.62. The molecule has 0 saturated carbocycles. The second kappa shape index (κ2) is 9.96. The summed E-state index contributed by atoms with van der Waals surface area (Å²) in [6.45, 7) is 5.45. The zero-order valence-electron chi connectivity index (χ0n) is 14.9. The van der Waals surface area contributed by atoms with E-state index in [0.29, 0.717) is 19.4 Å². The van der Waals surface area contributed by atoms with Gasteiger partial charge in [0.1, 0.15) is 12.2 Å². The first-order valence-corrected chi connectivity index (χ1v) is 8.24. The fourth-order valence-electron chi connectivity index (χ4n) is 1.97. The van der Waals surface area contributed by atoms with Crippen LogP contribution >= 0.6 is 0 Å². The number of hydrogen-bond donors (Lipinski definition) is 1. The van der Waals surface area contributed by atoms with Gasteiger partial charge in [-0.15, -0.1) is 0 Å². The van der Waals surface area contributed by atoms with E-state index in [9.17, 15) is 18.4 Å². The molecular weight excluding hydrogens is 332 g/mol. The molecule has 1 amide bonds. The molecule has 1 aromatic rings. The molecule has 0 fully saturated rings. The molecule has 1 aromatic carbocycles. The van der Waals surface area contributed by atoms with Crippen LogP contribution in [-0.2, 0) is 9.53 Å². The van der Waals surface area contributed by atoms with E-state index in [1.807, 2.05) is 0 Å². The normalized spacial score (nSPS) is 11.1. The Morgan fingerprint density at radius 1 is 1.08 bits per heavy atom. The Balaban J connectivity index is 2.12. The van der Waals surface area contributed by atoms with Crippen molar-refractivity contribution in [3.8, 4) is 5.75 Å². The predicted octanol–water partition coefficient (Wildman–Crippen LogP) is 4.00. The van der Waals surface area contributed by atoms with Crippen molar-refractivity contribution in [2.24, 2.45) is 0 Å². The quantitative estimate of drug-likeness (QED) is 0.679. The highest BCUT2D eigenvalue weighted by molar-refractivity contribution is 5.79. The highest BCUT2D eigenvalue weighted by atomic mass is 19.1. The third kappa shape index (κ3) is 9.02. The van der Waals surface area contributed by atoms with Crippen molar-refractivity contribution in [1.29, 1.82) is 0 Å². The molecule has 140 valence electrons. The molecular formula is C18H25F2NO4. The number of carbonyl (C=O) groups is 2. The van der Waals surface area contributed by atoms with Crippen molar-refractivity contribution in [3.63, 3.8) is 0 Å². The van der Waals surface area contributed by atoms with Crippen molar-refractivity contribution in [3.05, 3.63) is 29.8 Å². The van der Waals surface area contributed by atoms with Crippen LogP contribution in [0.5, 0.6) is 5.75 Å². The van der Waals surface area contributed by atoms with Crippen LogP contribution in [0.3, 0.4) is 0 Å². The van der Waals surface area contributed by atoms with Gasteiger partial charge >= 0.3 is 6.09 Å². The molecule has 0 heterocycles. The van der Waals surface area contributed by atoms with Crippen LogP contribution in [0.25, 0.3) is 0 Å². The molecule has 0 saturated heterocycles. The molecule has 5 nitrogen and oxygen atoms in total. The fourth-order valence-corrected chi connectivity index (χ4v) is 1.97. The predicted molar refractivity (Wildman–Crippen MR) is 89.6 cm³/mol. The minimum absolute atomic E-state index is 0.234. The van der Waals surface area contributed by atoms with E-state index in [2.05, 4.69) is 5.32 Å². The van der Waals surface area contributed by atoms with Gasteiger partial charge in [0.15, 0.2) is 23.2 Å². The molecule has 0 aliphatic rings. The average molecular weight is 357 g/mol. The van der Waals surface area contributed by atoms with E-state index in [-0.39, 0.29) is 18.8 Å². The van der Waals surface area contributed by atoms with E-state index >= 15 is 0 Å². The molecule has 1 N–H and O–H groups in total. The first-order chi connectivity index (χ1) is 11.7. The van der Waals surface area contributed by atoms with Crippen LogP contribution in [0, 0.1) is 11.6 Å². The lowest BCUT2D eigenvalue weighted by Crippen LogP contribution is -2.33. The molecule has 7 heteroatoms. The summed E-state index contributed by atoms with van der Waals surface area (Å²) in [5, 5.41) is 2.63. The number of unbranched alkanes of at least 4 members (excludes halogenated alkanes) is 2. The summed E-state index contributed by atoms with van der Waals surface area (Å²) in [5.74, 6) is -2.43. The molecule has 0 bridgehead atoms. The van der Waals surface area contributed by atoms with Crippen LogP contribution in [0.2, 0.25) is 0 Å². The van der Waals surface area contributed by atoms with E-state index < -0.39 is 29.1 Å². The van der Waals surface area contributed by atoms with Gasteiger partial charge in [-0.1, -0.05) is 12.5 Å². The third-order valence-electron chi connectivity index (χ3n) is 3.10. The Morgan fingerprint density at radius 2 is 1.72 bits per heavy atom. The maximum Gasteiger partial charge on any atom is 0.407 e. The van der Waals surface area contributed by atoms with Crippen LogP contribution in [0.1, 0.15) is 46.5 Å². The minimum Gasteiger partial charge on any atom is -0.480 e. The fraction of sp³-hybridized carbons (Fsp3) is 0.556. The lowest BCUT2D eigenvalue weighted by molar-refractivity contribution is -0.121. The zero-order chi connectivity index (χ0) is 18.9. The Labute approximate surface area is 146 Å². The Hall–Kier alpha value is -2.18. The molecule has 25 heavy (non-hydrogen) atoms. The number of ketones is 1. The van der Waals surface area contributed by atoms with Crippen LogP contribution < -0.4 is 10.1 Å². The van der Waals surface area contributed by atoms with Crippen LogP contribution in [0.15, 0.2) is 18.2 Å². The summed E-state index contributed by atoms with van der Waals surface area (Å²) < 4.78 is 36.7. The van der Waals surface area contributed by atoms with E-state index in [1.54, 1.807) is 20.8 Å². The number of amides is 1. The van der Waals surface area contributed by atoms with Gasteiger partial charge < -0.3 is 14.8 Å². The number of halogens is 2. The second-order valence-electron chi connectivity index (χ2n) is 6.62.